The van der Waals surface area contributed by atoms with E-state index in [0.29, 0.717) is 0 Å². The van der Waals surface area contributed by atoms with Crippen LogP contribution in [0, 0.1) is 23.7 Å². The predicted octanol–water partition coefficient (Wildman–Crippen LogP) is 5.28. The molecule has 1 aliphatic carbocycles. The highest BCUT2D eigenvalue weighted by atomic mass is 14.3. The minimum atomic E-state index is 0.876. The lowest BCUT2D eigenvalue weighted by atomic mass is 9.76. The zero-order valence-electron chi connectivity index (χ0n) is 11.3. The maximum Gasteiger partial charge on any atom is -0.0386 e. The number of hydrogen-bond acceptors (Lipinski definition) is 0. The van der Waals surface area contributed by atoms with Gasteiger partial charge in [0.05, 0.1) is 0 Å². The summed E-state index contributed by atoms with van der Waals surface area (Å²) < 4.78 is 0. The summed E-state index contributed by atoms with van der Waals surface area (Å²) in [7, 11) is 0. The minimum absolute atomic E-state index is 0.876. The van der Waals surface area contributed by atoms with Crippen LogP contribution in [-0.2, 0) is 0 Å². The Morgan fingerprint density at radius 1 is 0.933 bits per heavy atom. The first kappa shape index (κ1) is 13.1. The van der Waals surface area contributed by atoms with Gasteiger partial charge in [0.2, 0.25) is 0 Å². The first-order valence-corrected chi connectivity index (χ1v) is 7.09. The van der Waals surface area contributed by atoms with Crippen molar-refractivity contribution in [3.63, 3.8) is 0 Å². The Morgan fingerprint density at radius 3 is 2.00 bits per heavy atom. The molecule has 0 amide bonds. The molecular weight excluding hydrogens is 180 g/mol. The highest BCUT2D eigenvalue weighted by Crippen LogP contribution is 2.34. The second-order valence-corrected chi connectivity index (χ2v) is 6.37. The molecule has 0 aliphatic heterocycles. The Hall–Kier alpha value is 0. The fourth-order valence-corrected chi connectivity index (χ4v) is 3.10. The van der Waals surface area contributed by atoms with Crippen LogP contribution in [0.5, 0.6) is 0 Å². The molecule has 0 heterocycles. The molecule has 0 saturated heterocycles. The van der Waals surface area contributed by atoms with Gasteiger partial charge < -0.3 is 0 Å². The standard InChI is InChI=1S/C15H30/c1-12(2)10-15(13(3)4)11-14-8-6-5-7-9-14/h12-15H,5-11H2,1-4H3. The number of rotatable bonds is 5. The van der Waals surface area contributed by atoms with Gasteiger partial charge >= 0.3 is 0 Å². The first-order valence-electron chi connectivity index (χ1n) is 7.09. The van der Waals surface area contributed by atoms with Gasteiger partial charge in [-0.15, -0.1) is 0 Å². The molecule has 0 spiro atoms. The van der Waals surface area contributed by atoms with E-state index in [4.69, 9.17) is 0 Å². The summed E-state index contributed by atoms with van der Waals surface area (Å²) in [5.74, 6) is 3.80. The van der Waals surface area contributed by atoms with Crippen molar-refractivity contribution in [3.05, 3.63) is 0 Å². The Morgan fingerprint density at radius 2 is 1.53 bits per heavy atom. The van der Waals surface area contributed by atoms with Gasteiger partial charge in [-0.1, -0.05) is 59.8 Å². The maximum atomic E-state index is 2.41. The van der Waals surface area contributed by atoms with E-state index in [1.165, 1.54) is 44.9 Å². The smallest absolute Gasteiger partial charge is 0.0386 e. The monoisotopic (exact) mass is 210 g/mol. The van der Waals surface area contributed by atoms with Crippen LogP contribution in [0.2, 0.25) is 0 Å². The lowest BCUT2D eigenvalue weighted by Crippen LogP contribution is -2.18. The SMILES string of the molecule is CC(C)CC(CC1CCCCC1)C(C)C. The van der Waals surface area contributed by atoms with Crippen molar-refractivity contribution in [2.24, 2.45) is 23.7 Å². The summed E-state index contributed by atoms with van der Waals surface area (Å²) in [6, 6.07) is 0. The van der Waals surface area contributed by atoms with Crippen molar-refractivity contribution in [2.45, 2.75) is 72.6 Å². The molecule has 1 atom stereocenters. The molecular formula is C15H30. The largest absolute Gasteiger partial charge is 0.0628 e. The van der Waals surface area contributed by atoms with E-state index in [1.807, 2.05) is 0 Å². The van der Waals surface area contributed by atoms with Gasteiger partial charge in [-0.2, -0.15) is 0 Å². The van der Waals surface area contributed by atoms with Crippen LogP contribution in [0.15, 0.2) is 0 Å². The Bertz CT molecular complexity index is 151. The van der Waals surface area contributed by atoms with E-state index >= 15 is 0 Å². The van der Waals surface area contributed by atoms with Crippen LogP contribution in [-0.4, -0.2) is 0 Å². The van der Waals surface area contributed by atoms with Crippen LogP contribution >= 0.6 is 0 Å². The summed E-state index contributed by atoms with van der Waals surface area (Å²) in [5, 5.41) is 0. The van der Waals surface area contributed by atoms with E-state index in [1.54, 1.807) is 0 Å². The second-order valence-electron chi connectivity index (χ2n) is 6.37. The molecule has 0 aromatic heterocycles. The van der Waals surface area contributed by atoms with Gasteiger partial charge in [-0.25, -0.2) is 0 Å². The normalized spacial score (nSPS) is 21.2. The van der Waals surface area contributed by atoms with Crippen LogP contribution in [0.1, 0.15) is 72.6 Å². The van der Waals surface area contributed by atoms with Gasteiger partial charge in [0, 0.05) is 0 Å². The zero-order valence-corrected chi connectivity index (χ0v) is 11.3. The fourth-order valence-electron chi connectivity index (χ4n) is 3.10. The van der Waals surface area contributed by atoms with E-state index in [9.17, 15) is 0 Å². The summed E-state index contributed by atoms with van der Waals surface area (Å²) in [4.78, 5) is 0. The Kier molecular flexibility index (Phi) is 5.71. The van der Waals surface area contributed by atoms with E-state index in [0.717, 1.165) is 23.7 Å². The minimum Gasteiger partial charge on any atom is -0.0628 e. The van der Waals surface area contributed by atoms with E-state index in [2.05, 4.69) is 27.7 Å². The third-order valence-corrected chi connectivity index (χ3v) is 4.08. The summed E-state index contributed by atoms with van der Waals surface area (Å²) in [6.07, 6.45) is 10.5. The molecule has 1 aliphatic rings. The third-order valence-electron chi connectivity index (χ3n) is 4.08. The second kappa shape index (κ2) is 6.55. The molecule has 1 unspecified atom stereocenters. The molecule has 0 aromatic rings. The maximum absolute atomic E-state index is 2.41. The summed E-state index contributed by atoms with van der Waals surface area (Å²) in [6.45, 7) is 9.57. The summed E-state index contributed by atoms with van der Waals surface area (Å²) >= 11 is 0. The average Bonchev–Trinajstić information content (AvgIpc) is 2.17. The van der Waals surface area contributed by atoms with Gasteiger partial charge in [0.15, 0.2) is 0 Å². The Balaban J connectivity index is 2.35. The highest BCUT2D eigenvalue weighted by molar-refractivity contribution is 4.73. The lowest BCUT2D eigenvalue weighted by molar-refractivity contribution is 0.220. The molecule has 0 nitrogen and oxygen atoms in total. The van der Waals surface area contributed by atoms with E-state index < -0.39 is 0 Å². The van der Waals surface area contributed by atoms with Crippen LogP contribution in [0.25, 0.3) is 0 Å². The molecule has 0 radical (unpaired) electrons. The van der Waals surface area contributed by atoms with Crippen molar-refractivity contribution in [2.75, 3.05) is 0 Å². The first-order chi connectivity index (χ1) is 7.09. The molecule has 0 aromatic carbocycles. The molecule has 1 rings (SSSR count). The number of hydrogen-bond donors (Lipinski definition) is 0. The molecule has 1 fully saturated rings. The molecule has 0 heteroatoms. The van der Waals surface area contributed by atoms with Crippen LogP contribution in [0.4, 0.5) is 0 Å². The van der Waals surface area contributed by atoms with Gasteiger partial charge in [-0.3, -0.25) is 0 Å². The van der Waals surface area contributed by atoms with Crippen molar-refractivity contribution in [1.29, 1.82) is 0 Å². The molecule has 90 valence electrons. The van der Waals surface area contributed by atoms with Crippen molar-refractivity contribution in [1.82, 2.24) is 0 Å². The topological polar surface area (TPSA) is 0 Å². The fraction of sp³-hybridized carbons (Fsp3) is 1.00. The van der Waals surface area contributed by atoms with Gasteiger partial charge in [0.25, 0.3) is 0 Å². The molecule has 0 bridgehead atoms. The quantitative estimate of drug-likeness (QED) is 0.579. The summed E-state index contributed by atoms with van der Waals surface area (Å²) in [5.41, 5.74) is 0. The van der Waals surface area contributed by atoms with Crippen LogP contribution < -0.4 is 0 Å². The van der Waals surface area contributed by atoms with Crippen molar-refractivity contribution in [3.8, 4) is 0 Å². The Labute approximate surface area is 96.8 Å². The molecule has 15 heavy (non-hydrogen) atoms. The molecule has 0 N–H and O–H groups in total. The average molecular weight is 210 g/mol. The zero-order chi connectivity index (χ0) is 11.3. The van der Waals surface area contributed by atoms with Crippen LogP contribution in [0.3, 0.4) is 0 Å². The third kappa shape index (κ3) is 5.04. The van der Waals surface area contributed by atoms with Crippen molar-refractivity contribution >= 4 is 0 Å². The van der Waals surface area contributed by atoms with E-state index in [-0.39, 0.29) is 0 Å². The lowest BCUT2D eigenvalue weighted by Gasteiger charge is -2.29. The predicted molar refractivity (Wildman–Crippen MR) is 69.0 cm³/mol. The molecule has 1 saturated carbocycles. The van der Waals surface area contributed by atoms with Gasteiger partial charge in [0.1, 0.15) is 0 Å². The van der Waals surface area contributed by atoms with Gasteiger partial charge in [-0.05, 0) is 36.5 Å². The van der Waals surface area contributed by atoms with Crippen molar-refractivity contribution < 1.29 is 0 Å². The highest BCUT2D eigenvalue weighted by Gasteiger charge is 2.21.